The van der Waals surface area contributed by atoms with Gasteiger partial charge in [-0.1, -0.05) is 35.3 Å². The van der Waals surface area contributed by atoms with Crippen LogP contribution in [-0.4, -0.2) is 66.4 Å². The molecular formula is C26H34Cl2N2O3. The topological polar surface area (TPSA) is 45.2 Å². The maximum Gasteiger partial charge on any atom is 0.121 e. The molecule has 0 amide bonds. The summed E-state index contributed by atoms with van der Waals surface area (Å²) in [6.07, 6.45) is 4.92. The fourth-order valence-corrected chi connectivity index (χ4v) is 4.90. The van der Waals surface area contributed by atoms with Gasteiger partial charge in [0.15, 0.2) is 0 Å². The van der Waals surface area contributed by atoms with Crippen molar-refractivity contribution < 1.29 is 14.6 Å². The molecule has 0 aliphatic carbocycles. The van der Waals surface area contributed by atoms with Crippen LogP contribution in [0.5, 0.6) is 11.5 Å². The first kappa shape index (κ1) is 24.6. The van der Waals surface area contributed by atoms with Crippen molar-refractivity contribution in [3.8, 4) is 11.5 Å². The van der Waals surface area contributed by atoms with Gasteiger partial charge in [-0.15, -0.1) is 0 Å². The molecule has 2 aromatic rings. The standard InChI is InChI=1S/C26H34Cl2N2O3/c27-24-8-7-23(18-25(24)28)33-20-26(31)9-4-13-30(14-10-26)19-21-5-3-6-22(17-21)32-16-15-29-11-1-2-12-29/h3,5-8,17-18,31H,1-2,4,9-16,19-20H2/t26-/m0/s1. The molecule has 2 aromatic carbocycles. The maximum atomic E-state index is 11.1. The summed E-state index contributed by atoms with van der Waals surface area (Å²) in [6, 6.07) is 13.6. The average Bonchev–Trinajstić information content (AvgIpc) is 3.25. The number of hydrogen-bond donors (Lipinski definition) is 1. The SMILES string of the molecule is O[C@@]1(COc2ccc(Cl)c(Cl)c2)CCCN(Cc2cccc(OCCN3CCCC3)c2)CC1. The van der Waals surface area contributed by atoms with Gasteiger partial charge in [-0.3, -0.25) is 9.80 Å². The van der Waals surface area contributed by atoms with Crippen LogP contribution in [0.15, 0.2) is 42.5 Å². The summed E-state index contributed by atoms with van der Waals surface area (Å²) in [5.41, 5.74) is 0.396. The smallest absolute Gasteiger partial charge is 0.121 e. The molecule has 2 aliphatic rings. The Kier molecular flexibility index (Phi) is 8.78. The van der Waals surface area contributed by atoms with Crippen molar-refractivity contribution in [2.24, 2.45) is 0 Å². The Morgan fingerprint density at radius 3 is 2.42 bits per heavy atom. The highest BCUT2D eigenvalue weighted by molar-refractivity contribution is 6.42. The molecule has 0 radical (unpaired) electrons. The lowest BCUT2D eigenvalue weighted by Gasteiger charge is -2.27. The minimum Gasteiger partial charge on any atom is -0.492 e. The van der Waals surface area contributed by atoms with Crippen molar-refractivity contribution in [3.05, 3.63) is 58.1 Å². The second kappa shape index (κ2) is 11.8. The van der Waals surface area contributed by atoms with E-state index in [1.807, 2.05) is 6.07 Å². The van der Waals surface area contributed by atoms with Gasteiger partial charge in [0.1, 0.15) is 24.7 Å². The first-order valence-corrected chi connectivity index (χ1v) is 12.7. The molecule has 180 valence electrons. The molecular weight excluding hydrogens is 459 g/mol. The molecule has 0 spiro atoms. The number of ether oxygens (including phenoxy) is 2. The predicted molar refractivity (Wildman–Crippen MR) is 134 cm³/mol. The fraction of sp³-hybridized carbons (Fsp3) is 0.538. The normalized spacial score (nSPS) is 22.3. The van der Waals surface area contributed by atoms with E-state index in [2.05, 4.69) is 28.0 Å². The van der Waals surface area contributed by atoms with Crippen molar-refractivity contribution >= 4 is 23.2 Å². The van der Waals surface area contributed by atoms with Crippen LogP contribution in [0.4, 0.5) is 0 Å². The molecule has 0 bridgehead atoms. The van der Waals surface area contributed by atoms with Crippen molar-refractivity contribution in [2.45, 2.75) is 44.2 Å². The monoisotopic (exact) mass is 492 g/mol. The van der Waals surface area contributed by atoms with E-state index < -0.39 is 5.60 Å². The summed E-state index contributed by atoms with van der Waals surface area (Å²) >= 11 is 12.0. The first-order valence-electron chi connectivity index (χ1n) is 12.0. The van der Waals surface area contributed by atoms with E-state index in [1.54, 1.807) is 18.2 Å². The molecule has 0 saturated carbocycles. The molecule has 0 unspecified atom stereocenters. The Hall–Kier alpha value is -1.50. The van der Waals surface area contributed by atoms with E-state index in [9.17, 15) is 5.11 Å². The Balaban J connectivity index is 1.24. The summed E-state index contributed by atoms with van der Waals surface area (Å²) in [4.78, 5) is 4.87. The largest absolute Gasteiger partial charge is 0.492 e. The molecule has 7 heteroatoms. The summed E-state index contributed by atoms with van der Waals surface area (Å²) in [7, 11) is 0. The van der Waals surface area contributed by atoms with Gasteiger partial charge in [0, 0.05) is 25.7 Å². The highest BCUT2D eigenvalue weighted by Crippen LogP contribution is 2.29. The highest BCUT2D eigenvalue weighted by Gasteiger charge is 2.31. The van der Waals surface area contributed by atoms with Crippen LogP contribution >= 0.6 is 23.2 Å². The third-order valence-corrected chi connectivity index (χ3v) is 7.33. The zero-order valence-electron chi connectivity index (χ0n) is 19.1. The predicted octanol–water partition coefficient (Wildman–Crippen LogP) is 5.26. The zero-order valence-corrected chi connectivity index (χ0v) is 20.7. The minimum atomic E-state index is -0.846. The Morgan fingerprint density at radius 1 is 0.818 bits per heavy atom. The molecule has 2 aliphatic heterocycles. The second-order valence-electron chi connectivity index (χ2n) is 9.26. The van der Waals surface area contributed by atoms with Crippen LogP contribution in [-0.2, 0) is 6.54 Å². The van der Waals surface area contributed by atoms with Crippen molar-refractivity contribution in [2.75, 3.05) is 45.9 Å². The van der Waals surface area contributed by atoms with Crippen LogP contribution in [0.25, 0.3) is 0 Å². The lowest BCUT2D eigenvalue weighted by atomic mass is 9.96. The van der Waals surface area contributed by atoms with Gasteiger partial charge in [-0.05, 0) is 81.6 Å². The summed E-state index contributed by atoms with van der Waals surface area (Å²) in [5.74, 6) is 1.56. The number of aliphatic hydroxyl groups is 1. The number of nitrogens with zero attached hydrogens (tertiary/aromatic N) is 2. The Morgan fingerprint density at radius 2 is 1.61 bits per heavy atom. The van der Waals surface area contributed by atoms with E-state index in [0.29, 0.717) is 28.6 Å². The fourth-order valence-electron chi connectivity index (χ4n) is 4.61. The van der Waals surface area contributed by atoms with E-state index in [4.69, 9.17) is 32.7 Å². The van der Waals surface area contributed by atoms with Crippen molar-refractivity contribution in [1.82, 2.24) is 9.80 Å². The van der Waals surface area contributed by atoms with Gasteiger partial charge < -0.3 is 14.6 Å². The van der Waals surface area contributed by atoms with Crippen LogP contribution in [0.2, 0.25) is 10.0 Å². The third-order valence-electron chi connectivity index (χ3n) is 6.59. The van der Waals surface area contributed by atoms with Crippen LogP contribution in [0.3, 0.4) is 0 Å². The molecule has 33 heavy (non-hydrogen) atoms. The number of benzene rings is 2. The summed E-state index contributed by atoms with van der Waals surface area (Å²) < 4.78 is 11.9. The number of rotatable bonds is 9. The van der Waals surface area contributed by atoms with Gasteiger partial charge in [-0.25, -0.2) is 0 Å². The average molecular weight is 493 g/mol. The van der Waals surface area contributed by atoms with Gasteiger partial charge in [0.25, 0.3) is 0 Å². The molecule has 2 saturated heterocycles. The molecule has 1 N–H and O–H groups in total. The lowest BCUT2D eigenvalue weighted by Crippen LogP contribution is -2.37. The summed E-state index contributed by atoms with van der Waals surface area (Å²) in [5, 5.41) is 12.1. The minimum absolute atomic E-state index is 0.249. The van der Waals surface area contributed by atoms with Crippen LogP contribution in [0, 0.1) is 0 Å². The van der Waals surface area contributed by atoms with E-state index >= 15 is 0 Å². The number of halogens is 2. The first-order chi connectivity index (χ1) is 16.0. The van der Waals surface area contributed by atoms with E-state index in [0.717, 1.165) is 45.0 Å². The van der Waals surface area contributed by atoms with Gasteiger partial charge in [-0.2, -0.15) is 0 Å². The second-order valence-corrected chi connectivity index (χ2v) is 10.1. The van der Waals surface area contributed by atoms with Crippen molar-refractivity contribution in [1.29, 1.82) is 0 Å². The summed E-state index contributed by atoms with van der Waals surface area (Å²) in [6.45, 7) is 7.01. The Labute approximate surface area is 207 Å². The van der Waals surface area contributed by atoms with Crippen LogP contribution < -0.4 is 9.47 Å². The van der Waals surface area contributed by atoms with Crippen LogP contribution in [0.1, 0.15) is 37.7 Å². The Bertz CT molecular complexity index is 907. The molecule has 4 rings (SSSR count). The van der Waals surface area contributed by atoms with Gasteiger partial charge in [0.05, 0.1) is 15.6 Å². The third kappa shape index (κ3) is 7.49. The zero-order chi connectivity index (χ0) is 23.1. The van der Waals surface area contributed by atoms with E-state index in [-0.39, 0.29) is 6.61 Å². The quantitative estimate of drug-likeness (QED) is 0.516. The number of hydrogen-bond acceptors (Lipinski definition) is 5. The van der Waals surface area contributed by atoms with E-state index in [1.165, 1.54) is 31.5 Å². The lowest BCUT2D eigenvalue weighted by molar-refractivity contribution is -0.0168. The highest BCUT2D eigenvalue weighted by atomic mass is 35.5. The molecule has 2 heterocycles. The molecule has 1 atom stereocenters. The van der Waals surface area contributed by atoms with Gasteiger partial charge in [0.2, 0.25) is 0 Å². The maximum absolute atomic E-state index is 11.1. The number of likely N-dealkylation sites (tertiary alicyclic amines) is 2. The van der Waals surface area contributed by atoms with Gasteiger partial charge >= 0.3 is 0 Å². The molecule has 2 fully saturated rings. The molecule has 0 aromatic heterocycles. The van der Waals surface area contributed by atoms with Crippen molar-refractivity contribution in [3.63, 3.8) is 0 Å². The molecule has 5 nitrogen and oxygen atoms in total.